The summed E-state index contributed by atoms with van der Waals surface area (Å²) < 4.78 is 0. The van der Waals surface area contributed by atoms with Gasteiger partial charge in [0.1, 0.15) is 0 Å². The molecule has 2 N–H and O–H groups in total. The van der Waals surface area contributed by atoms with Crippen LogP contribution in [-0.2, 0) is 0 Å². The molecular weight excluding hydrogens is 160 g/mol. The van der Waals surface area contributed by atoms with Gasteiger partial charge in [0.25, 0.3) is 0 Å². The summed E-state index contributed by atoms with van der Waals surface area (Å²) in [5, 5.41) is 0. The van der Waals surface area contributed by atoms with Crippen LogP contribution in [0.1, 0.15) is 26.2 Å². The average Bonchev–Trinajstić information content (AvgIpc) is 2.09. The fraction of sp³-hybridized carbons (Fsp3) is 0.818. The molecule has 0 aliphatic heterocycles. The third-order valence-corrected chi connectivity index (χ3v) is 3.17. The summed E-state index contributed by atoms with van der Waals surface area (Å²) in [6.45, 7) is 5.85. The van der Waals surface area contributed by atoms with Crippen LogP contribution >= 0.6 is 0 Å². The first-order valence-electron chi connectivity index (χ1n) is 5.12. The second-order valence-electron chi connectivity index (χ2n) is 4.07. The van der Waals surface area contributed by atoms with Crippen molar-refractivity contribution in [3.63, 3.8) is 0 Å². The summed E-state index contributed by atoms with van der Waals surface area (Å²) >= 11 is 0. The predicted molar refractivity (Wildman–Crippen MR) is 56.3 cm³/mol. The van der Waals surface area contributed by atoms with Gasteiger partial charge in [0.15, 0.2) is 0 Å². The zero-order valence-electron chi connectivity index (χ0n) is 8.55. The molecule has 1 aliphatic rings. The molecule has 0 aromatic carbocycles. The highest BCUT2D eigenvalue weighted by Crippen LogP contribution is 2.40. The lowest BCUT2D eigenvalue weighted by molar-refractivity contribution is 0.0842. The Kier molecular flexibility index (Phi) is 3.77. The summed E-state index contributed by atoms with van der Waals surface area (Å²) in [7, 11) is 0. The Balaban J connectivity index is 2.40. The second kappa shape index (κ2) is 4.64. The van der Waals surface area contributed by atoms with Crippen LogP contribution in [0.4, 0.5) is 0 Å². The molecule has 0 aromatic rings. The average molecular weight is 180 g/mol. The molecule has 0 radical (unpaired) electrons. The van der Waals surface area contributed by atoms with Crippen molar-refractivity contribution in [2.75, 3.05) is 26.2 Å². The summed E-state index contributed by atoms with van der Waals surface area (Å²) in [5.74, 6) is 2.70. The van der Waals surface area contributed by atoms with E-state index in [-0.39, 0.29) is 0 Å². The maximum atomic E-state index is 5.79. The van der Waals surface area contributed by atoms with Crippen molar-refractivity contribution in [1.82, 2.24) is 4.90 Å². The summed E-state index contributed by atoms with van der Waals surface area (Å²) in [5.41, 5.74) is 6.19. The van der Waals surface area contributed by atoms with Crippen LogP contribution in [0.15, 0.2) is 0 Å². The Morgan fingerprint density at radius 3 is 2.54 bits per heavy atom. The highest BCUT2D eigenvalue weighted by atomic mass is 15.1. The zero-order valence-corrected chi connectivity index (χ0v) is 8.55. The highest BCUT2D eigenvalue weighted by molar-refractivity contribution is 4.94. The van der Waals surface area contributed by atoms with Crippen LogP contribution in [0.2, 0.25) is 0 Å². The maximum absolute atomic E-state index is 5.79. The topological polar surface area (TPSA) is 29.3 Å². The molecule has 0 atom stereocenters. The van der Waals surface area contributed by atoms with Gasteiger partial charge in [-0.15, -0.1) is 6.42 Å². The summed E-state index contributed by atoms with van der Waals surface area (Å²) in [6.07, 6.45) is 9.20. The SMILES string of the molecule is C#CCN(CC)CC1(CN)CCC1. The fourth-order valence-corrected chi connectivity index (χ4v) is 1.99. The Morgan fingerprint density at radius 1 is 1.54 bits per heavy atom. The van der Waals surface area contributed by atoms with Crippen LogP contribution < -0.4 is 5.73 Å². The van der Waals surface area contributed by atoms with E-state index in [9.17, 15) is 0 Å². The number of nitrogens with zero attached hydrogens (tertiary/aromatic N) is 1. The third kappa shape index (κ3) is 2.46. The van der Waals surface area contributed by atoms with E-state index in [1.165, 1.54) is 19.3 Å². The quantitative estimate of drug-likeness (QED) is 0.641. The smallest absolute Gasteiger partial charge is 0.0599 e. The van der Waals surface area contributed by atoms with E-state index < -0.39 is 0 Å². The minimum absolute atomic E-state index is 0.396. The number of rotatable bonds is 5. The molecule has 0 bridgehead atoms. The minimum Gasteiger partial charge on any atom is -0.330 e. The number of terminal acetylenes is 1. The third-order valence-electron chi connectivity index (χ3n) is 3.17. The molecule has 2 heteroatoms. The van der Waals surface area contributed by atoms with Crippen molar-refractivity contribution in [3.8, 4) is 12.3 Å². The predicted octanol–water partition coefficient (Wildman–Crippen LogP) is 1.07. The molecule has 0 saturated heterocycles. The first-order valence-corrected chi connectivity index (χ1v) is 5.12. The van der Waals surface area contributed by atoms with Gasteiger partial charge in [-0.1, -0.05) is 19.3 Å². The molecule has 0 unspecified atom stereocenters. The number of hydrogen-bond acceptors (Lipinski definition) is 2. The van der Waals surface area contributed by atoms with Crippen LogP contribution in [0.5, 0.6) is 0 Å². The van der Waals surface area contributed by atoms with Crippen molar-refractivity contribution in [2.45, 2.75) is 26.2 Å². The molecule has 0 amide bonds. The Labute approximate surface area is 81.5 Å². The van der Waals surface area contributed by atoms with E-state index >= 15 is 0 Å². The number of nitrogens with two attached hydrogens (primary N) is 1. The van der Waals surface area contributed by atoms with Gasteiger partial charge in [0, 0.05) is 6.54 Å². The molecule has 1 rings (SSSR count). The van der Waals surface area contributed by atoms with E-state index in [2.05, 4.69) is 17.7 Å². The number of hydrogen-bond donors (Lipinski definition) is 1. The van der Waals surface area contributed by atoms with Gasteiger partial charge in [-0.2, -0.15) is 0 Å². The van der Waals surface area contributed by atoms with Crippen molar-refractivity contribution < 1.29 is 0 Å². The van der Waals surface area contributed by atoms with Crippen molar-refractivity contribution in [1.29, 1.82) is 0 Å². The van der Waals surface area contributed by atoms with Crippen molar-refractivity contribution in [3.05, 3.63) is 0 Å². The van der Waals surface area contributed by atoms with Gasteiger partial charge in [0.2, 0.25) is 0 Å². The normalized spacial score (nSPS) is 19.5. The molecule has 0 heterocycles. The van der Waals surface area contributed by atoms with Gasteiger partial charge in [-0.3, -0.25) is 4.90 Å². The monoisotopic (exact) mass is 180 g/mol. The van der Waals surface area contributed by atoms with Gasteiger partial charge in [0.05, 0.1) is 6.54 Å². The van der Waals surface area contributed by atoms with Crippen LogP contribution in [0.25, 0.3) is 0 Å². The molecule has 1 fully saturated rings. The minimum atomic E-state index is 0.396. The standard InChI is InChI=1S/C11H20N2/c1-3-8-13(4-2)10-11(9-12)6-5-7-11/h1H,4-10,12H2,2H3. The second-order valence-corrected chi connectivity index (χ2v) is 4.07. The van der Waals surface area contributed by atoms with Crippen molar-refractivity contribution in [2.24, 2.45) is 11.1 Å². The van der Waals surface area contributed by atoms with E-state index in [0.29, 0.717) is 5.41 Å². The van der Waals surface area contributed by atoms with E-state index in [1.54, 1.807) is 0 Å². The maximum Gasteiger partial charge on any atom is 0.0599 e. The molecule has 0 aromatic heterocycles. The first kappa shape index (κ1) is 10.6. The van der Waals surface area contributed by atoms with E-state index in [4.69, 9.17) is 12.2 Å². The fourth-order valence-electron chi connectivity index (χ4n) is 1.99. The van der Waals surface area contributed by atoms with Crippen LogP contribution in [0, 0.1) is 17.8 Å². The van der Waals surface area contributed by atoms with Gasteiger partial charge >= 0.3 is 0 Å². The van der Waals surface area contributed by atoms with E-state index in [0.717, 1.165) is 26.2 Å². The van der Waals surface area contributed by atoms with Crippen LogP contribution in [-0.4, -0.2) is 31.1 Å². The highest BCUT2D eigenvalue weighted by Gasteiger charge is 2.36. The lowest BCUT2D eigenvalue weighted by Gasteiger charge is -2.43. The summed E-state index contributed by atoms with van der Waals surface area (Å²) in [4.78, 5) is 2.31. The Hall–Kier alpha value is -0.520. The molecule has 74 valence electrons. The zero-order chi connectivity index (χ0) is 9.73. The van der Waals surface area contributed by atoms with E-state index in [1.807, 2.05) is 0 Å². The Bertz CT molecular complexity index is 183. The molecule has 1 aliphatic carbocycles. The van der Waals surface area contributed by atoms with Gasteiger partial charge in [-0.25, -0.2) is 0 Å². The Morgan fingerprint density at radius 2 is 2.23 bits per heavy atom. The van der Waals surface area contributed by atoms with Gasteiger partial charge < -0.3 is 5.73 Å². The molecule has 13 heavy (non-hydrogen) atoms. The summed E-state index contributed by atoms with van der Waals surface area (Å²) in [6, 6.07) is 0. The largest absolute Gasteiger partial charge is 0.330 e. The molecule has 0 spiro atoms. The lowest BCUT2D eigenvalue weighted by Crippen LogP contribution is -2.47. The molecular formula is C11H20N2. The first-order chi connectivity index (χ1) is 6.26. The lowest BCUT2D eigenvalue weighted by atomic mass is 9.68. The van der Waals surface area contributed by atoms with Crippen molar-refractivity contribution >= 4 is 0 Å². The molecule has 1 saturated carbocycles. The molecule has 2 nitrogen and oxygen atoms in total. The van der Waals surface area contributed by atoms with Crippen LogP contribution in [0.3, 0.4) is 0 Å². The van der Waals surface area contributed by atoms with Gasteiger partial charge in [-0.05, 0) is 31.3 Å².